The topological polar surface area (TPSA) is 127 Å². The summed E-state index contributed by atoms with van der Waals surface area (Å²) < 4.78 is 17.0. The molecule has 0 unspecified atom stereocenters. The molecule has 38 heavy (non-hydrogen) atoms. The van der Waals surface area contributed by atoms with E-state index in [1.165, 1.54) is 23.9 Å². The standard InChI is InChI=1S/C26H33N7O5/c1-19-6-9-22(10-7-19)37-14-12-36-13-15-38-23-11-8-21(33(34)35)16-20(23)18-27-30-24-17-25(31(2)3)29-26(28-24)32(4)5/h6-11,16-18H,12-15H2,1-5H3,(H,28,29,30)/b27-18-. The zero-order valence-corrected chi connectivity index (χ0v) is 22.2. The van der Waals surface area contributed by atoms with Gasteiger partial charge in [0.05, 0.1) is 24.4 Å². The van der Waals surface area contributed by atoms with Crippen molar-refractivity contribution in [1.29, 1.82) is 0 Å². The molecule has 2 aromatic carbocycles. The quantitative estimate of drug-likeness (QED) is 0.144. The minimum Gasteiger partial charge on any atom is -0.491 e. The molecule has 0 aliphatic rings. The van der Waals surface area contributed by atoms with Crippen molar-refractivity contribution in [1.82, 2.24) is 9.97 Å². The smallest absolute Gasteiger partial charge is 0.270 e. The van der Waals surface area contributed by atoms with Gasteiger partial charge in [-0.2, -0.15) is 15.1 Å². The number of rotatable bonds is 14. The van der Waals surface area contributed by atoms with Crippen LogP contribution in [0.1, 0.15) is 11.1 Å². The highest BCUT2D eigenvalue weighted by Gasteiger charge is 2.12. The fourth-order valence-electron chi connectivity index (χ4n) is 3.12. The lowest BCUT2D eigenvalue weighted by atomic mass is 10.2. The maximum absolute atomic E-state index is 11.3. The van der Waals surface area contributed by atoms with E-state index in [-0.39, 0.29) is 12.3 Å². The summed E-state index contributed by atoms with van der Waals surface area (Å²) in [5, 5.41) is 15.5. The van der Waals surface area contributed by atoms with Gasteiger partial charge in [0.15, 0.2) is 5.82 Å². The normalized spacial score (nSPS) is 10.9. The van der Waals surface area contributed by atoms with Crippen LogP contribution in [-0.2, 0) is 4.74 Å². The Labute approximate surface area is 222 Å². The maximum atomic E-state index is 11.3. The minimum atomic E-state index is -0.469. The van der Waals surface area contributed by atoms with Crippen LogP contribution in [0.2, 0.25) is 0 Å². The Balaban J connectivity index is 1.57. The number of ether oxygens (including phenoxy) is 3. The average Bonchev–Trinajstić information content (AvgIpc) is 2.89. The lowest BCUT2D eigenvalue weighted by Gasteiger charge is -2.17. The summed E-state index contributed by atoms with van der Waals surface area (Å²) in [6.07, 6.45) is 1.45. The van der Waals surface area contributed by atoms with Crippen LogP contribution in [0, 0.1) is 17.0 Å². The largest absolute Gasteiger partial charge is 0.491 e. The van der Waals surface area contributed by atoms with Gasteiger partial charge in [0.1, 0.15) is 30.5 Å². The van der Waals surface area contributed by atoms with Crippen LogP contribution >= 0.6 is 0 Å². The molecule has 1 heterocycles. The van der Waals surface area contributed by atoms with E-state index in [2.05, 4.69) is 20.5 Å². The van der Waals surface area contributed by atoms with Crippen molar-refractivity contribution in [2.45, 2.75) is 6.92 Å². The number of hydrogen-bond acceptors (Lipinski definition) is 11. The Hall–Kier alpha value is -4.45. The van der Waals surface area contributed by atoms with Crippen molar-refractivity contribution in [3.05, 3.63) is 69.8 Å². The molecule has 202 valence electrons. The van der Waals surface area contributed by atoms with Gasteiger partial charge in [0.2, 0.25) is 5.95 Å². The maximum Gasteiger partial charge on any atom is 0.270 e. The van der Waals surface area contributed by atoms with Crippen molar-refractivity contribution in [3.63, 3.8) is 0 Å². The van der Waals surface area contributed by atoms with E-state index >= 15 is 0 Å². The van der Waals surface area contributed by atoms with E-state index in [0.29, 0.717) is 48.7 Å². The van der Waals surface area contributed by atoms with Crippen LogP contribution in [-0.4, -0.2) is 75.7 Å². The van der Waals surface area contributed by atoms with Crippen LogP contribution in [0.15, 0.2) is 53.6 Å². The predicted molar refractivity (Wildman–Crippen MR) is 148 cm³/mol. The van der Waals surface area contributed by atoms with Gasteiger partial charge < -0.3 is 24.0 Å². The molecule has 0 spiro atoms. The number of aromatic nitrogens is 2. The summed E-state index contributed by atoms with van der Waals surface area (Å²) in [6, 6.07) is 13.9. The number of hydrazone groups is 1. The lowest BCUT2D eigenvalue weighted by molar-refractivity contribution is -0.384. The third-order valence-corrected chi connectivity index (χ3v) is 5.15. The number of benzene rings is 2. The molecular formula is C26H33N7O5. The average molecular weight is 524 g/mol. The summed E-state index contributed by atoms with van der Waals surface area (Å²) >= 11 is 0. The summed E-state index contributed by atoms with van der Waals surface area (Å²) in [5.41, 5.74) is 4.40. The third kappa shape index (κ3) is 8.59. The molecule has 3 aromatic rings. The molecule has 12 heteroatoms. The summed E-state index contributed by atoms with van der Waals surface area (Å²) in [6.45, 7) is 3.41. The molecule has 0 saturated heterocycles. The fraction of sp³-hybridized carbons (Fsp3) is 0.346. The molecule has 12 nitrogen and oxygen atoms in total. The lowest BCUT2D eigenvalue weighted by Crippen LogP contribution is -2.17. The molecule has 0 atom stereocenters. The Morgan fingerprint density at radius 3 is 2.32 bits per heavy atom. The highest BCUT2D eigenvalue weighted by molar-refractivity contribution is 5.85. The Kier molecular flexibility index (Phi) is 10.2. The van der Waals surface area contributed by atoms with Crippen molar-refractivity contribution < 1.29 is 19.1 Å². The first-order valence-corrected chi connectivity index (χ1v) is 11.9. The minimum absolute atomic E-state index is 0.0740. The van der Waals surface area contributed by atoms with Crippen LogP contribution in [0.25, 0.3) is 0 Å². The number of aryl methyl sites for hydroxylation is 1. The highest BCUT2D eigenvalue weighted by Crippen LogP contribution is 2.23. The van der Waals surface area contributed by atoms with E-state index in [0.717, 1.165) is 5.75 Å². The zero-order valence-electron chi connectivity index (χ0n) is 22.2. The molecule has 0 amide bonds. The van der Waals surface area contributed by atoms with Gasteiger partial charge in [-0.25, -0.2) is 0 Å². The predicted octanol–water partition coefficient (Wildman–Crippen LogP) is 3.75. The summed E-state index contributed by atoms with van der Waals surface area (Å²) in [4.78, 5) is 23.3. The van der Waals surface area contributed by atoms with Crippen molar-refractivity contribution in [3.8, 4) is 11.5 Å². The van der Waals surface area contributed by atoms with Crippen molar-refractivity contribution in [2.75, 3.05) is 69.8 Å². The number of nitrogens with one attached hydrogen (secondary N) is 1. The van der Waals surface area contributed by atoms with Crippen LogP contribution in [0.5, 0.6) is 11.5 Å². The van der Waals surface area contributed by atoms with E-state index in [1.807, 2.05) is 64.3 Å². The van der Waals surface area contributed by atoms with Gasteiger partial charge in [0, 0.05) is 52.0 Å². The third-order valence-electron chi connectivity index (χ3n) is 5.15. The molecule has 3 rings (SSSR count). The van der Waals surface area contributed by atoms with Crippen molar-refractivity contribution >= 4 is 29.5 Å². The first-order chi connectivity index (χ1) is 18.2. The second-order valence-electron chi connectivity index (χ2n) is 8.67. The number of hydrogen-bond donors (Lipinski definition) is 1. The molecule has 0 fully saturated rings. The number of anilines is 3. The highest BCUT2D eigenvalue weighted by atomic mass is 16.6. The molecule has 1 aromatic heterocycles. The monoisotopic (exact) mass is 523 g/mol. The number of non-ortho nitro benzene ring substituents is 1. The Morgan fingerprint density at radius 2 is 1.66 bits per heavy atom. The Bertz CT molecular complexity index is 1210. The number of nitro groups is 1. The first-order valence-electron chi connectivity index (χ1n) is 11.9. The van der Waals surface area contributed by atoms with Crippen LogP contribution in [0.4, 0.5) is 23.3 Å². The number of nitro benzene ring substituents is 1. The molecule has 0 aliphatic heterocycles. The van der Waals surface area contributed by atoms with Gasteiger partial charge in [-0.3, -0.25) is 15.5 Å². The van der Waals surface area contributed by atoms with Crippen LogP contribution < -0.4 is 24.7 Å². The number of nitrogens with zero attached hydrogens (tertiary/aromatic N) is 6. The summed E-state index contributed by atoms with van der Waals surface area (Å²) in [7, 11) is 7.44. The van der Waals surface area contributed by atoms with E-state index in [1.54, 1.807) is 17.0 Å². The van der Waals surface area contributed by atoms with Crippen molar-refractivity contribution in [2.24, 2.45) is 5.10 Å². The van der Waals surface area contributed by atoms with Gasteiger partial charge in [-0.05, 0) is 25.1 Å². The summed E-state index contributed by atoms with van der Waals surface area (Å²) in [5.74, 6) is 2.91. The molecule has 0 saturated carbocycles. The second-order valence-corrected chi connectivity index (χ2v) is 8.67. The van der Waals surface area contributed by atoms with Gasteiger partial charge in [-0.1, -0.05) is 17.7 Å². The SMILES string of the molecule is Cc1ccc(OCCOCCOc2ccc([N+](=O)[O-])cc2/C=N\Nc2cc(N(C)C)nc(N(C)C)n2)cc1. The molecule has 1 N–H and O–H groups in total. The van der Waals surface area contributed by atoms with E-state index in [9.17, 15) is 10.1 Å². The van der Waals surface area contributed by atoms with E-state index in [4.69, 9.17) is 14.2 Å². The zero-order chi connectivity index (χ0) is 27.5. The molecular weight excluding hydrogens is 490 g/mol. The van der Waals surface area contributed by atoms with Gasteiger partial charge >= 0.3 is 0 Å². The van der Waals surface area contributed by atoms with Crippen LogP contribution in [0.3, 0.4) is 0 Å². The second kappa shape index (κ2) is 13.7. The molecule has 0 radical (unpaired) electrons. The first kappa shape index (κ1) is 28.1. The fourth-order valence-corrected chi connectivity index (χ4v) is 3.12. The van der Waals surface area contributed by atoms with Gasteiger partial charge in [0.25, 0.3) is 5.69 Å². The van der Waals surface area contributed by atoms with Gasteiger partial charge in [-0.15, -0.1) is 0 Å². The Morgan fingerprint density at radius 1 is 0.947 bits per heavy atom. The molecule has 0 bridgehead atoms. The van der Waals surface area contributed by atoms with E-state index < -0.39 is 4.92 Å². The molecule has 0 aliphatic carbocycles.